The monoisotopic (exact) mass is 284 g/mol. The summed E-state index contributed by atoms with van der Waals surface area (Å²) in [5.74, 6) is 0. The van der Waals surface area contributed by atoms with Crippen molar-refractivity contribution in [3.63, 3.8) is 0 Å². The number of pyridine rings is 1. The molecule has 0 spiro atoms. The SMILES string of the molecule is Cc1c(-c2cccc[n+]2C)ccc2cc3ccccc3cc12. The van der Waals surface area contributed by atoms with Crippen LogP contribution in [0.1, 0.15) is 5.56 Å². The van der Waals surface area contributed by atoms with Crippen LogP contribution >= 0.6 is 0 Å². The predicted molar refractivity (Wildman–Crippen MR) is 92.8 cm³/mol. The Bertz CT molecular complexity index is 999. The van der Waals surface area contributed by atoms with Gasteiger partial charge >= 0.3 is 0 Å². The van der Waals surface area contributed by atoms with Crippen LogP contribution in [-0.2, 0) is 7.05 Å². The molecule has 3 aromatic carbocycles. The Morgan fingerprint density at radius 2 is 1.45 bits per heavy atom. The second-order valence-electron chi connectivity index (χ2n) is 5.86. The van der Waals surface area contributed by atoms with E-state index in [1.165, 1.54) is 38.4 Å². The van der Waals surface area contributed by atoms with E-state index in [-0.39, 0.29) is 0 Å². The molecule has 106 valence electrons. The first-order chi connectivity index (χ1) is 10.7. The molecule has 4 rings (SSSR count). The summed E-state index contributed by atoms with van der Waals surface area (Å²) in [6.07, 6.45) is 2.10. The minimum Gasteiger partial charge on any atom is -0.201 e. The predicted octanol–water partition coefficient (Wildman–Crippen LogP) is 4.79. The van der Waals surface area contributed by atoms with Crippen LogP contribution in [0.4, 0.5) is 0 Å². The van der Waals surface area contributed by atoms with Gasteiger partial charge in [0.1, 0.15) is 7.05 Å². The molecule has 0 unspecified atom stereocenters. The lowest BCUT2D eigenvalue weighted by Gasteiger charge is -2.09. The van der Waals surface area contributed by atoms with E-state index in [2.05, 4.69) is 91.5 Å². The van der Waals surface area contributed by atoms with Gasteiger partial charge in [-0.15, -0.1) is 0 Å². The van der Waals surface area contributed by atoms with Crippen molar-refractivity contribution in [2.24, 2.45) is 7.05 Å². The fourth-order valence-electron chi connectivity index (χ4n) is 3.24. The van der Waals surface area contributed by atoms with Gasteiger partial charge in [0.15, 0.2) is 6.20 Å². The normalized spacial score (nSPS) is 11.2. The molecule has 0 amide bonds. The Hall–Kier alpha value is -2.67. The average molecular weight is 284 g/mol. The van der Waals surface area contributed by atoms with Gasteiger partial charge in [0.25, 0.3) is 0 Å². The van der Waals surface area contributed by atoms with Crippen molar-refractivity contribution >= 4 is 21.5 Å². The fourth-order valence-corrected chi connectivity index (χ4v) is 3.24. The molecule has 0 fully saturated rings. The summed E-state index contributed by atoms with van der Waals surface area (Å²) in [6, 6.07) is 24.0. The lowest BCUT2D eigenvalue weighted by Crippen LogP contribution is -2.30. The molecular formula is C21H18N+. The molecule has 0 aliphatic carbocycles. The first kappa shape index (κ1) is 13.0. The van der Waals surface area contributed by atoms with Gasteiger partial charge in [-0.2, -0.15) is 0 Å². The summed E-state index contributed by atoms with van der Waals surface area (Å²) in [7, 11) is 2.10. The third-order valence-corrected chi connectivity index (χ3v) is 4.49. The van der Waals surface area contributed by atoms with Gasteiger partial charge < -0.3 is 0 Å². The van der Waals surface area contributed by atoms with Gasteiger partial charge in [-0.05, 0) is 58.3 Å². The Kier molecular flexibility index (Phi) is 2.93. The van der Waals surface area contributed by atoms with Crippen LogP contribution in [0.5, 0.6) is 0 Å². The zero-order chi connectivity index (χ0) is 15.1. The van der Waals surface area contributed by atoms with Gasteiger partial charge in [-0.3, -0.25) is 0 Å². The minimum absolute atomic E-state index is 1.25. The van der Waals surface area contributed by atoms with E-state index in [0.717, 1.165) is 0 Å². The van der Waals surface area contributed by atoms with Crippen molar-refractivity contribution in [1.29, 1.82) is 0 Å². The number of hydrogen-bond acceptors (Lipinski definition) is 0. The number of hydrogen-bond donors (Lipinski definition) is 0. The first-order valence-electron chi connectivity index (χ1n) is 7.61. The van der Waals surface area contributed by atoms with Crippen LogP contribution in [0.3, 0.4) is 0 Å². The van der Waals surface area contributed by atoms with Crippen molar-refractivity contribution in [3.8, 4) is 11.3 Å². The smallest absolute Gasteiger partial charge is 0.201 e. The van der Waals surface area contributed by atoms with E-state index in [4.69, 9.17) is 0 Å². The molecule has 0 saturated heterocycles. The van der Waals surface area contributed by atoms with Crippen molar-refractivity contribution < 1.29 is 4.57 Å². The van der Waals surface area contributed by atoms with Crippen molar-refractivity contribution in [3.05, 3.63) is 78.5 Å². The second kappa shape index (κ2) is 4.96. The van der Waals surface area contributed by atoms with Gasteiger partial charge in [0.05, 0.1) is 0 Å². The standard InChI is InChI=1S/C21H18N/c1-15-19(21-9-5-6-12-22(21)2)11-10-18-13-16-7-3-4-8-17(16)14-20(15)18/h3-14H,1-2H3/q+1. The highest BCUT2D eigenvalue weighted by molar-refractivity contribution is 6.01. The lowest BCUT2D eigenvalue weighted by atomic mass is 9.95. The molecule has 1 nitrogen and oxygen atoms in total. The van der Waals surface area contributed by atoms with Crippen LogP contribution < -0.4 is 4.57 Å². The van der Waals surface area contributed by atoms with E-state index in [1.807, 2.05) is 0 Å². The summed E-state index contributed by atoms with van der Waals surface area (Å²) in [5.41, 5.74) is 3.88. The third-order valence-electron chi connectivity index (χ3n) is 4.49. The largest absolute Gasteiger partial charge is 0.212 e. The molecule has 0 N–H and O–H groups in total. The topological polar surface area (TPSA) is 3.88 Å². The van der Waals surface area contributed by atoms with Gasteiger partial charge in [0, 0.05) is 17.7 Å². The molecule has 1 aromatic heterocycles. The minimum atomic E-state index is 1.25. The van der Waals surface area contributed by atoms with Crippen LogP contribution in [0.25, 0.3) is 32.8 Å². The number of aromatic nitrogens is 1. The Morgan fingerprint density at radius 3 is 2.23 bits per heavy atom. The zero-order valence-corrected chi connectivity index (χ0v) is 12.9. The van der Waals surface area contributed by atoms with Crippen LogP contribution in [0.15, 0.2) is 72.9 Å². The van der Waals surface area contributed by atoms with Crippen molar-refractivity contribution in [2.45, 2.75) is 6.92 Å². The average Bonchev–Trinajstić information content (AvgIpc) is 2.55. The Labute approximate surface area is 130 Å². The molecule has 22 heavy (non-hydrogen) atoms. The molecule has 0 aliphatic rings. The molecule has 1 heteroatoms. The van der Waals surface area contributed by atoms with Crippen LogP contribution in [0.2, 0.25) is 0 Å². The fraction of sp³-hybridized carbons (Fsp3) is 0.0952. The third kappa shape index (κ3) is 1.98. The second-order valence-corrected chi connectivity index (χ2v) is 5.86. The number of nitrogens with zero attached hydrogens (tertiary/aromatic N) is 1. The van der Waals surface area contributed by atoms with Gasteiger partial charge in [0.2, 0.25) is 5.69 Å². The maximum atomic E-state index is 2.31. The van der Waals surface area contributed by atoms with E-state index in [9.17, 15) is 0 Å². The van der Waals surface area contributed by atoms with E-state index < -0.39 is 0 Å². The number of benzene rings is 3. The highest BCUT2D eigenvalue weighted by atomic mass is 14.9. The summed E-state index contributed by atoms with van der Waals surface area (Å²) in [4.78, 5) is 0. The molecule has 0 radical (unpaired) electrons. The number of rotatable bonds is 1. The molecule has 0 saturated carbocycles. The van der Waals surface area contributed by atoms with Gasteiger partial charge in [-0.1, -0.05) is 30.3 Å². The quantitative estimate of drug-likeness (QED) is 0.349. The zero-order valence-electron chi connectivity index (χ0n) is 12.9. The lowest BCUT2D eigenvalue weighted by molar-refractivity contribution is -0.660. The molecule has 4 aromatic rings. The van der Waals surface area contributed by atoms with Crippen molar-refractivity contribution in [2.75, 3.05) is 0 Å². The molecule has 0 atom stereocenters. The highest BCUT2D eigenvalue weighted by Crippen LogP contribution is 2.30. The summed E-state index contributed by atoms with van der Waals surface area (Å²) in [6.45, 7) is 2.22. The van der Waals surface area contributed by atoms with E-state index >= 15 is 0 Å². The summed E-state index contributed by atoms with van der Waals surface area (Å²) >= 11 is 0. The summed E-state index contributed by atoms with van der Waals surface area (Å²) in [5, 5.41) is 5.23. The number of fused-ring (bicyclic) bond motifs is 2. The molecule has 1 heterocycles. The van der Waals surface area contributed by atoms with Crippen LogP contribution in [-0.4, -0.2) is 0 Å². The molecular weight excluding hydrogens is 266 g/mol. The maximum absolute atomic E-state index is 2.31. The Morgan fingerprint density at radius 1 is 0.727 bits per heavy atom. The molecule has 0 bridgehead atoms. The highest BCUT2D eigenvalue weighted by Gasteiger charge is 2.13. The van der Waals surface area contributed by atoms with Crippen molar-refractivity contribution in [1.82, 2.24) is 0 Å². The Balaban J connectivity index is 2.05. The summed E-state index contributed by atoms with van der Waals surface area (Å²) < 4.78 is 2.18. The maximum Gasteiger partial charge on any atom is 0.212 e. The van der Waals surface area contributed by atoms with E-state index in [0.29, 0.717) is 0 Å². The first-order valence-corrected chi connectivity index (χ1v) is 7.61. The van der Waals surface area contributed by atoms with E-state index in [1.54, 1.807) is 0 Å². The number of aryl methyl sites for hydroxylation is 2. The molecule has 0 aliphatic heterocycles. The van der Waals surface area contributed by atoms with Gasteiger partial charge in [-0.25, -0.2) is 4.57 Å². The van der Waals surface area contributed by atoms with Crippen LogP contribution in [0, 0.1) is 6.92 Å².